The molecule has 5 nitrogen and oxygen atoms in total. The molecule has 1 aromatic rings. The Kier molecular flexibility index (Phi) is 7.38. The first-order valence-corrected chi connectivity index (χ1v) is 12.0. The van der Waals surface area contributed by atoms with Crippen molar-refractivity contribution in [3.8, 4) is 0 Å². The van der Waals surface area contributed by atoms with Crippen LogP contribution in [0.2, 0.25) is 0 Å². The Balaban J connectivity index is 1.78. The Labute approximate surface area is 163 Å². The van der Waals surface area contributed by atoms with Gasteiger partial charge >= 0.3 is 7.60 Å². The van der Waals surface area contributed by atoms with Crippen molar-refractivity contribution in [2.24, 2.45) is 0 Å². The van der Waals surface area contributed by atoms with Gasteiger partial charge in [0.25, 0.3) is 0 Å². The van der Waals surface area contributed by atoms with E-state index < -0.39 is 13.4 Å². The minimum absolute atomic E-state index is 0.0797. The van der Waals surface area contributed by atoms with Crippen molar-refractivity contribution in [1.29, 1.82) is 0 Å². The van der Waals surface area contributed by atoms with E-state index in [1.165, 1.54) is 12.8 Å². The molecule has 2 saturated carbocycles. The number of hydrogen-bond donors (Lipinski definition) is 1. The highest BCUT2D eigenvalue weighted by atomic mass is 31.2. The van der Waals surface area contributed by atoms with Gasteiger partial charge < -0.3 is 19.1 Å². The molecule has 0 saturated heterocycles. The molecule has 152 valence electrons. The summed E-state index contributed by atoms with van der Waals surface area (Å²) in [5.41, 5.74) is 1.62. The zero-order valence-electron chi connectivity index (χ0n) is 16.7. The molecule has 1 N–H and O–H groups in total. The monoisotopic (exact) mass is 395 g/mol. The molecular formula is C21H34NO4P. The Morgan fingerprint density at radius 3 is 1.74 bits per heavy atom. The number of benzene rings is 1. The third kappa shape index (κ3) is 5.57. The molecule has 0 radical (unpaired) electrons. The molecule has 2 aliphatic carbocycles. The summed E-state index contributed by atoms with van der Waals surface area (Å²) in [4.78, 5) is 1.99. The van der Waals surface area contributed by atoms with Crippen molar-refractivity contribution in [3.63, 3.8) is 0 Å². The van der Waals surface area contributed by atoms with Gasteiger partial charge in [-0.1, -0.05) is 50.7 Å². The lowest BCUT2D eigenvalue weighted by Gasteiger charge is -2.33. The summed E-state index contributed by atoms with van der Waals surface area (Å²) < 4.78 is 25.9. The van der Waals surface area contributed by atoms with Crippen LogP contribution in [0.4, 0.5) is 5.69 Å². The van der Waals surface area contributed by atoms with Crippen LogP contribution in [0.25, 0.3) is 0 Å². The van der Waals surface area contributed by atoms with E-state index in [2.05, 4.69) is 0 Å². The largest absolute Gasteiger partial charge is 0.378 e. The van der Waals surface area contributed by atoms with E-state index >= 15 is 0 Å². The first kappa shape index (κ1) is 20.9. The summed E-state index contributed by atoms with van der Waals surface area (Å²) in [7, 11) is 0.268. The quantitative estimate of drug-likeness (QED) is 0.606. The predicted molar refractivity (Wildman–Crippen MR) is 109 cm³/mol. The molecule has 3 rings (SSSR count). The number of aliphatic hydroxyl groups excluding tert-OH is 1. The van der Waals surface area contributed by atoms with Crippen molar-refractivity contribution in [3.05, 3.63) is 29.8 Å². The molecule has 0 bridgehead atoms. The van der Waals surface area contributed by atoms with Gasteiger partial charge in [0.05, 0.1) is 12.2 Å². The summed E-state index contributed by atoms with van der Waals surface area (Å²) >= 11 is 0. The van der Waals surface area contributed by atoms with Crippen LogP contribution in [0.5, 0.6) is 0 Å². The zero-order valence-corrected chi connectivity index (χ0v) is 17.6. The summed E-state index contributed by atoms with van der Waals surface area (Å²) in [5, 5.41) is 11.0. The molecule has 27 heavy (non-hydrogen) atoms. The Hall–Kier alpha value is -0.870. The van der Waals surface area contributed by atoms with Gasteiger partial charge in [0.2, 0.25) is 0 Å². The van der Waals surface area contributed by atoms with Crippen molar-refractivity contribution in [2.45, 2.75) is 82.3 Å². The van der Waals surface area contributed by atoms with E-state index in [1.807, 2.05) is 43.3 Å². The average molecular weight is 395 g/mol. The maximum Gasteiger partial charge on any atom is 0.363 e. The Bertz CT molecular complexity index is 598. The minimum Gasteiger partial charge on any atom is -0.378 e. The van der Waals surface area contributed by atoms with E-state index in [1.54, 1.807) is 0 Å². The summed E-state index contributed by atoms with van der Waals surface area (Å²) in [6.45, 7) is 0. The summed E-state index contributed by atoms with van der Waals surface area (Å²) in [6, 6.07) is 7.48. The fraction of sp³-hybridized carbons (Fsp3) is 0.714. The smallest absolute Gasteiger partial charge is 0.363 e. The molecule has 2 fully saturated rings. The second-order valence-electron chi connectivity index (χ2n) is 8.13. The second-order valence-corrected chi connectivity index (χ2v) is 10.1. The molecule has 0 aliphatic heterocycles. The highest BCUT2D eigenvalue weighted by molar-refractivity contribution is 7.54. The highest BCUT2D eigenvalue weighted by Crippen LogP contribution is 2.62. The van der Waals surface area contributed by atoms with Crippen LogP contribution in [-0.2, 0) is 13.6 Å². The summed E-state index contributed by atoms with van der Waals surface area (Å²) in [6.07, 6.45) is 10.1. The molecule has 0 heterocycles. The molecule has 0 aromatic heterocycles. The lowest BCUT2D eigenvalue weighted by molar-refractivity contribution is 0.0545. The first-order valence-electron chi connectivity index (χ1n) is 10.4. The molecule has 6 heteroatoms. The van der Waals surface area contributed by atoms with Crippen molar-refractivity contribution in [2.75, 3.05) is 19.0 Å². The lowest BCUT2D eigenvalue weighted by atomic mass is 9.98. The minimum atomic E-state index is -3.67. The fourth-order valence-corrected chi connectivity index (χ4v) is 6.09. The van der Waals surface area contributed by atoms with E-state index in [0.717, 1.165) is 57.1 Å². The number of nitrogens with zero attached hydrogens (tertiary/aromatic N) is 1. The van der Waals surface area contributed by atoms with Crippen LogP contribution >= 0.6 is 7.60 Å². The lowest BCUT2D eigenvalue weighted by Crippen LogP contribution is -2.22. The van der Waals surface area contributed by atoms with Gasteiger partial charge in [-0.2, -0.15) is 0 Å². The third-order valence-electron chi connectivity index (χ3n) is 5.70. The van der Waals surface area contributed by atoms with Crippen molar-refractivity contribution in [1.82, 2.24) is 0 Å². The molecule has 0 unspecified atom stereocenters. The number of aliphatic hydroxyl groups is 1. The molecule has 1 aromatic carbocycles. The van der Waals surface area contributed by atoms with Crippen molar-refractivity contribution < 1.29 is 18.7 Å². The van der Waals surface area contributed by atoms with Gasteiger partial charge in [0.1, 0.15) is 0 Å². The molecular weight excluding hydrogens is 361 g/mol. The van der Waals surface area contributed by atoms with E-state index in [4.69, 9.17) is 9.05 Å². The maximum atomic E-state index is 13.8. The van der Waals surface area contributed by atoms with E-state index in [9.17, 15) is 9.67 Å². The van der Waals surface area contributed by atoms with Crippen LogP contribution in [0.1, 0.15) is 75.6 Å². The third-order valence-corrected chi connectivity index (χ3v) is 7.78. The molecule has 2 aliphatic rings. The van der Waals surface area contributed by atoms with Crippen LogP contribution in [-0.4, -0.2) is 31.4 Å². The Morgan fingerprint density at radius 2 is 1.33 bits per heavy atom. The SMILES string of the molecule is CN(C)c1ccc([C@@H](O)P(=O)(OC2CCCCC2)OC2CCCCC2)cc1. The average Bonchev–Trinajstić information content (AvgIpc) is 2.69. The number of anilines is 1. The zero-order chi connectivity index (χ0) is 19.3. The van der Waals surface area contributed by atoms with Crippen molar-refractivity contribution >= 4 is 13.3 Å². The molecule has 0 spiro atoms. The van der Waals surface area contributed by atoms with Crippen LogP contribution < -0.4 is 4.90 Å². The number of hydrogen-bond acceptors (Lipinski definition) is 5. The normalized spacial score (nSPS) is 21.1. The van der Waals surface area contributed by atoms with Crippen LogP contribution in [0.15, 0.2) is 24.3 Å². The second kappa shape index (κ2) is 9.56. The highest BCUT2D eigenvalue weighted by Gasteiger charge is 2.41. The van der Waals surface area contributed by atoms with Gasteiger partial charge in [0.15, 0.2) is 5.85 Å². The van der Waals surface area contributed by atoms with Gasteiger partial charge in [-0.3, -0.25) is 4.57 Å². The first-order chi connectivity index (χ1) is 13.0. The number of rotatable bonds is 7. The van der Waals surface area contributed by atoms with Gasteiger partial charge in [-0.15, -0.1) is 0 Å². The Morgan fingerprint density at radius 1 is 0.889 bits per heavy atom. The predicted octanol–water partition coefficient (Wildman–Crippen LogP) is 5.64. The fourth-order valence-electron chi connectivity index (χ4n) is 4.02. The van der Waals surface area contributed by atoms with E-state index in [-0.39, 0.29) is 12.2 Å². The topological polar surface area (TPSA) is 59.0 Å². The van der Waals surface area contributed by atoms with Crippen LogP contribution in [0, 0.1) is 0 Å². The maximum absolute atomic E-state index is 13.8. The summed E-state index contributed by atoms with van der Waals surface area (Å²) in [5.74, 6) is -1.24. The standard InChI is InChI=1S/C21H34NO4P/c1-22(2)18-15-13-17(14-16-18)21(23)27(24,25-19-9-5-3-6-10-19)26-20-11-7-4-8-12-20/h13-16,19-21,23H,3-12H2,1-2H3/t21-/m0/s1. The van der Waals surface area contributed by atoms with Gasteiger partial charge in [-0.25, -0.2) is 0 Å². The van der Waals surface area contributed by atoms with Gasteiger partial charge in [-0.05, 0) is 43.4 Å². The molecule has 0 amide bonds. The molecule has 1 atom stereocenters. The van der Waals surface area contributed by atoms with E-state index in [0.29, 0.717) is 5.56 Å². The van der Waals surface area contributed by atoms with Gasteiger partial charge in [0, 0.05) is 19.8 Å². The van der Waals surface area contributed by atoms with Crippen LogP contribution in [0.3, 0.4) is 0 Å².